The van der Waals surface area contributed by atoms with Gasteiger partial charge in [0.15, 0.2) is 0 Å². The number of alkyl halides is 3. The summed E-state index contributed by atoms with van der Waals surface area (Å²) < 4.78 is 40.5. The van der Waals surface area contributed by atoms with Crippen molar-refractivity contribution in [1.82, 2.24) is 19.7 Å². The lowest BCUT2D eigenvalue weighted by molar-refractivity contribution is -0.146. The molecule has 0 aliphatic rings. The molecule has 0 bridgehead atoms. The zero-order chi connectivity index (χ0) is 15.0. The Kier molecular flexibility index (Phi) is 3.00. The van der Waals surface area contributed by atoms with Gasteiger partial charge in [-0.1, -0.05) is 0 Å². The van der Waals surface area contributed by atoms with E-state index in [-0.39, 0.29) is 12.1 Å². The van der Waals surface area contributed by atoms with Crippen LogP contribution in [0.4, 0.5) is 18.9 Å². The minimum Gasteiger partial charge on any atom is -0.399 e. The van der Waals surface area contributed by atoms with Gasteiger partial charge in [-0.2, -0.15) is 23.4 Å². The maximum absolute atomic E-state index is 13.1. The molecule has 0 saturated carbocycles. The van der Waals surface area contributed by atoms with Gasteiger partial charge in [-0.15, -0.1) is 0 Å². The van der Waals surface area contributed by atoms with Crippen LogP contribution in [-0.4, -0.2) is 19.7 Å². The van der Waals surface area contributed by atoms with E-state index in [1.54, 1.807) is 12.1 Å². The number of rotatable bonds is 2. The minimum absolute atomic E-state index is 0.0664. The van der Waals surface area contributed by atoms with E-state index in [0.717, 1.165) is 4.57 Å². The number of nitrogens with two attached hydrogens (primary N) is 1. The van der Waals surface area contributed by atoms with Crippen LogP contribution in [0.1, 0.15) is 11.5 Å². The smallest absolute Gasteiger partial charge is 0.399 e. The van der Waals surface area contributed by atoms with E-state index in [1.165, 1.54) is 24.4 Å². The first-order chi connectivity index (χ1) is 9.95. The highest BCUT2D eigenvalue weighted by molar-refractivity contribution is 5.79. The average molecular weight is 293 g/mol. The zero-order valence-corrected chi connectivity index (χ0v) is 10.7. The highest BCUT2D eigenvalue weighted by Crippen LogP contribution is 2.32. The van der Waals surface area contributed by atoms with Crippen LogP contribution in [0.15, 0.2) is 36.5 Å². The second-order valence-corrected chi connectivity index (χ2v) is 4.48. The Labute approximate surface area is 117 Å². The molecule has 0 aliphatic heterocycles. The third-order valence-electron chi connectivity index (χ3n) is 2.97. The first kappa shape index (κ1) is 13.3. The molecule has 0 aliphatic carbocycles. The van der Waals surface area contributed by atoms with Crippen molar-refractivity contribution in [2.24, 2.45) is 0 Å². The second kappa shape index (κ2) is 4.72. The lowest BCUT2D eigenvalue weighted by Crippen LogP contribution is -2.16. The Hall–Kier alpha value is -2.64. The topological polar surface area (TPSA) is 69.6 Å². The van der Waals surface area contributed by atoms with Gasteiger partial charge in [-0.3, -0.25) is 0 Å². The van der Waals surface area contributed by atoms with Crippen molar-refractivity contribution in [2.75, 3.05) is 5.73 Å². The van der Waals surface area contributed by atoms with Crippen molar-refractivity contribution < 1.29 is 13.2 Å². The van der Waals surface area contributed by atoms with Crippen LogP contribution in [0.25, 0.3) is 11.0 Å². The molecule has 0 spiro atoms. The Balaban J connectivity index is 2.18. The summed E-state index contributed by atoms with van der Waals surface area (Å²) in [5.74, 6) is -0.978. The summed E-state index contributed by atoms with van der Waals surface area (Å²) in [6.45, 7) is -0.0664. The molecule has 0 radical (unpaired) electrons. The normalized spacial score (nSPS) is 12.0. The number of imidazole rings is 1. The van der Waals surface area contributed by atoms with Crippen molar-refractivity contribution in [3.63, 3.8) is 0 Å². The molecule has 0 amide bonds. The summed E-state index contributed by atoms with van der Waals surface area (Å²) in [7, 11) is 0. The molecular weight excluding hydrogens is 283 g/mol. The van der Waals surface area contributed by atoms with Gasteiger partial charge in [0.05, 0.1) is 23.3 Å². The van der Waals surface area contributed by atoms with Gasteiger partial charge in [0, 0.05) is 11.9 Å². The molecule has 2 N–H and O–H groups in total. The number of nitrogen functional groups attached to an aromatic ring is 1. The molecule has 1 aromatic carbocycles. The molecule has 108 valence electrons. The maximum atomic E-state index is 13.1. The summed E-state index contributed by atoms with van der Waals surface area (Å²) in [5.41, 5.74) is 6.92. The molecule has 5 nitrogen and oxygen atoms in total. The quantitative estimate of drug-likeness (QED) is 0.737. The van der Waals surface area contributed by atoms with Crippen LogP contribution in [0.5, 0.6) is 0 Å². The van der Waals surface area contributed by atoms with Gasteiger partial charge in [-0.25, -0.2) is 4.98 Å². The van der Waals surface area contributed by atoms with Gasteiger partial charge < -0.3 is 10.3 Å². The zero-order valence-electron chi connectivity index (χ0n) is 10.7. The molecule has 0 fully saturated rings. The Bertz CT molecular complexity index is 780. The van der Waals surface area contributed by atoms with Crippen molar-refractivity contribution in [2.45, 2.75) is 12.7 Å². The molecule has 21 heavy (non-hydrogen) atoms. The SMILES string of the molecule is Nc1ccc2c(c1)nc(C(F)(F)F)n2Cc1cccnn1. The van der Waals surface area contributed by atoms with Gasteiger partial charge >= 0.3 is 6.18 Å². The van der Waals surface area contributed by atoms with Crippen molar-refractivity contribution in [1.29, 1.82) is 0 Å². The fraction of sp³-hybridized carbons (Fsp3) is 0.154. The van der Waals surface area contributed by atoms with Crippen LogP contribution in [0.3, 0.4) is 0 Å². The number of anilines is 1. The Morgan fingerprint density at radius 2 is 2.00 bits per heavy atom. The number of benzene rings is 1. The molecule has 0 unspecified atom stereocenters. The molecule has 2 heterocycles. The summed E-state index contributed by atoms with van der Waals surface area (Å²) in [6.07, 6.45) is -3.10. The third kappa shape index (κ3) is 2.51. The number of halogens is 3. The van der Waals surface area contributed by atoms with Gasteiger partial charge in [0.2, 0.25) is 5.82 Å². The molecule has 2 aromatic heterocycles. The molecule has 3 rings (SSSR count). The number of nitrogens with zero attached hydrogens (tertiary/aromatic N) is 4. The van der Waals surface area contributed by atoms with E-state index in [1.807, 2.05) is 0 Å². The van der Waals surface area contributed by atoms with Crippen LogP contribution in [0, 0.1) is 0 Å². The van der Waals surface area contributed by atoms with E-state index < -0.39 is 12.0 Å². The standard InChI is InChI=1S/C13H10F3N5/c14-13(15,16)12-19-10-6-8(17)3-4-11(10)21(12)7-9-2-1-5-18-20-9/h1-6H,7,17H2. The molecule has 8 heteroatoms. The van der Waals surface area contributed by atoms with Crippen LogP contribution >= 0.6 is 0 Å². The van der Waals surface area contributed by atoms with Crippen LogP contribution in [-0.2, 0) is 12.7 Å². The summed E-state index contributed by atoms with van der Waals surface area (Å²) in [5, 5.41) is 7.48. The number of hydrogen-bond acceptors (Lipinski definition) is 4. The summed E-state index contributed by atoms with van der Waals surface area (Å²) >= 11 is 0. The summed E-state index contributed by atoms with van der Waals surface area (Å²) in [6, 6.07) is 7.70. The number of hydrogen-bond donors (Lipinski definition) is 1. The fourth-order valence-electron chi connectivity index (χ4n) is 2.10. The third-order valence-corrected chi connectivity index (χ3v) is 2.97. The van der Waals surface area contributed by atoms with Gasteiger partial charge in [0.25, 0.3) is 0 Å². The predicted molar refractivity (Wildman–Crippen MR) is 70.3 cm³/mol. The van der Waals surface area contributed by atoms with Crippen LogP contribution in [0.2, 0.25) is 0 Å². The number of fused-ring (bicyclic) bond motifs is 1. The van der Waals surface area contributed by atoms with E-state index in [9.17, 15) is 13.2 Å². The molecule has 0 atom stereocenters. The van der Waals surface area contributed by atoms with Crippen molar-refractivity contribution >= 4 is 16.7 Å². The second-order valence-electron chi connectivity index (χ2n) is 4.48. The first-order valence-electron chi connectivity index (χ1n) is 6.05. The van der Waals surface area contributed by atoms with E-state index in [0.29, 0.717) is 16.9 Å². The Morgan fingerprint density at radius 3 is 2.67 bits per heavy atom. The largest absolute Gasteiger partial charge is 0.449 e. The minimum atomic E-state index is -4.56. The molecular formula is C13H10F3N5. The fourth-order valence-corrected chi connectivity index (χ4v) is 2.10. The first-order valence-corrected chi connectivity index (χ1v) is 6.05. The van der Waals surface area contributed by atoms with E-state index in [2.05, 4.69) is 15.2 Å². The highest BCUT2D eigenvalue weighted by Gasteiger charge is 2.37. The predicted octanol–water partition coefficient (Wildman–Crippen LogP) is 2.48. The molecule has 0 saturated heterocycles. The van der Waals surface area contributed by atoms with Gasteiger partial charge in [0.1, 0.15) is 0 Å². The summed E-state index contributed by atoms with van der Waals surface area (Å²) in [4.78, 5) is 3.65. The highest BCUT2D eigenvalue weighted by atomic mass is 19.4. The Morgan fingerprint density at radius 1 is 1.19 bits per heavy atom. The lowest BCUT2D eigenvalue weighted by atomic mass is 10.3. The van der Waals surface area contributed by atoms with E-state index >= 15 is 0 Å². The van der Waals surface area contributed by atoms with Gasteiger partial charge in [-0.05, 0) is 30.3 Å². The monoisotopic (exact) mass is 293 g/mol. The molecule has 3 aromatic rings. The maximum Gasteiger partial charge on any atom is 0.449 e. The average Bonchev–Trinajstić information content (AvgIpc) is 2.78. The van der Waals surface area contributed by atoms with Crippen molar-refractivity contribution in [3.8, 4) is 0 Å². The lowest BCUT2D eigenvalue weighted by Gasteiger charge is -2.10. The number of aromatic nitrogens is 4. The van der Waals surface area contributed by atoms with E-state index in [4.69, 9.17) is 5.73 Å². The van der Waals surface area contributed by atoms with Crippen molar-refractivity contribution in [3.05, 3.63) is 48.0 Å². The van der Waals surface area contributed by atoms with Crippen LogP contribution < -0.4 is 5.73 Å².